The van der Waals surface area contributed by atoms with Crippen LogP contribution in [-0.4, -0.2) is 40.4 Å². The summed E-state index contributed by atoms with van der Waals surface area (Å²) in [6.45, 7) is -0.541. The number of benzene rings is 1. The SMILES string of the molecule is Cn1cnc(CN2c3cc(F)ccc3CN(S(=O)(=O)C(F)(F)F)CC2CCC2CCCC2)c1. The molecular weight excluding hydrogens is 460 g/mol. The molecule has 1 unspecified atom stereocenters. The van der Waals surface area contributed by atoms with Crippen LogP contribution >= 0.6 is 0 Å². The summed E-state index contributed by atoms with van der Waals surface area (Å²) < 4.78 is 81.8. The second-order valence-corrected chi connectivity index (χ2v) is 11.0. The molecule has 6 nitrogen and oxygen atoms in total. The average Bonchev–Trinajstić information content (AvgIpc) is 3.37. The first-order valence-electron chi connectivity index (χ1n) is 11.1. The van der Waals surface area contributed by atoms with E-state index >= 15 is 0 Å². The lowest BCUT2D eigenvalue weighted by molar-refractivity contribution is -0.0492. The van der Waals surface area contributed by atoms with Crippen molar-refractivity contribution in [2.24, 2.45) is 13.0 Å². The maximum atomic E-state index is 14.3. The van der Waals surface area contributed by atoms with Gasteiger partial charge in [-0.05, 0) is 36.5 Å². The van der Waals surface area contributed by atoms with Crippen molar-refractivity contribution in [2.45, 2.75) is 63.2 Å². The fourth-order valence-electron chi connectivity index (χ4n) is 4.96. The molecule has 33 heavy (non-hydrogen) atoms. The third-order valence-corrected chi connectivity index (χ3v) is 8.21. The van der Waals surface area contributed by atoms with Gasteiger partial charge in [0.05, 0.1) is 18.6 Å². The third-order valence-electron chi connectivity index (χ3n) is 6.66. The topological polar surface area (TPSA) is 58.4 Å². The van der Waals surface area contributed by atoms with Crippen molar-refractivity contribution in [1.82, 2.24) is 13.9 Å². The molecule has 1 fully saturated rings. The lowest BCUT2D eigenvalue weighted by atomic mass is 9.97. The smallest absolute Gasteiger partial charge is 0.361 e. The van der Waals surface area contributed by atoms with Crippen molar-refractivity contribution in [3.8, 4) is 0 Å². The van der Waals surface area contributed by atoms with Crippen LogP contribution in [0, 0.1) is 11.7 Å². The van der Waals surface area contributed by atoms with Gasteiger partial charge in [0.1, 0.15) is 5.82 Å². The molecule has 1 saturated carbocycles. The Bertz CT molecular complexity index is 1080. The van der Waals surface area contributed by atoms with Crippen LogP contribution in [0.2, 0.25) is 0 Å². The van der Waals surface area contributed by atoms with Crippen LogP contribution < -0.4 is 4.90 Å². The number of fused-ring (bicyclic) bond motifs is 1. The van der Waals surface area contributed by atoms with E-state index in [0.717, 1.165) is 38.2 Å². The first kappa shape index (κ1) is 24.0. The monoisotopic (exact) mass is 488 g/mol. The minimum atomic E-state index is -5.54. The molecule has 0 saturated heterocycles. The fraction of sp³-hybridized carbons (Fsp3) is 0.591. The van der Waals surface area contributed by atoms with E-state index in [4.69, 9.17) is 0 Å². The zero-order chi connectivity index (χ0) is 23.8. The van der Waals surface area contributed by atoms with Crippen molar-refractivity contribution in [1.29, 1.82) is 0 Å². The number of hydrogen-bond acceptors (Lipinski definition) is 4. The lowest BCUT2D eigenvalue weighted by Crippen LogP contribution is -2.47. The fourth-order valence-corrected chi connectivity index (χ4v) is 5.93. The summed E-state index contributed by atoms with van der Waals surface area (Å²) in [5.74, 6) is -0.0500. The summed E-state index contributed by atoms with van der Waals surface area (Å²) >= 11 is 0. The van der Waals surface area contributed by atoms with Crippen molar-refractivity contribution < 1.29 is 26.0 Å². The largest absolute Gasteiger partial charge is 0.511 e. The number of halogens is 4. The predicted molar refractivity (Wildman–Crippen MR) is 116 cm³/mol. The molecule has 0 bridgehead atoms. The van der Waals surface area contributed by atoms with Crippen LogP contribution in [0.5, 0.6) is 0 Å². The predicted octanol–water partition coefficient (Wildman–Crippen LogP) is 4.57. The molecule has 0 radical (unpaired) electrons. The van der Waals surface area contributed by atoms with Gasteiger partial charge in [0.25, 0.3) is 0 Å². The van der Waals surface area contributed by atoms with Gasteiger partial charge in [0, 0.05) is 38.1 Å². The molecule has 0 spiro atoms. The zero-order valence-electron chi connectivity index (χ0n) is 18.4. The number of rotatable bonds is 6. The first-order valence-corrected chi connectivity index (χ1v) is 12.6. The van der Waals surface area contributed by atoms with Gasteiger partial charge in [-0.15, -0.1) is 0 Å². The maximum Gasteiger partial charge on any atom is 0.511 e. The van der Waals surface area contributed by atoms with E-state index in [1.54, 1.807) is 17.1 Å². The van der Waals surface area contributed by atoms with Gasteiger partial charge in [-0.25, -0.2) is 17.8 Å². The van der Waals surface area contributed by atoms with E-state index in [1.807, 2.05) is 11.9 Å². The van der Waals surface area contributed by atoms with Gasteiger partial charge >= 0.3 is 15.5 Å². The molecule has 2 heterocycles. The molecule has 11 heteroatoms. The van der Waals surface area contributed by atoms with Gasteiger partial charge in [-0.3, -0.25) is 0 Å². The normalized spacial score (nSPS) is 20.8. The van der Waals surface area contributed by atoms with Gasteiger partial charge < -0.3 is 9.47 Å². The highest BCUT2D eigenvalue weighted by Gasteiger charge is 2.51. The Morgan fingerprint density at radius 2 is 1.88 bits per heavy atom. The third kappa shape index (κ3) is 5.18. The molecule has 1 aliphatic carbocycles. The van der Waals surface area contributed by atoms with Crippen molar-refractivity contribution in [3.63, 3.8) is 0 Å². The molecule has 1 aliphatic heterocycles. The molecule has 0 amide bonds. The summed E-state index contributed by atoms with van der Waals surface area (Å²) in [7, 11) is -3.74. The lowest BCUT2D eigenvalue weighted by Gasteiger charge is -2.34. The molecule has 1 atom stereocenters. The molecule has 0 N–H and O–H groups in total. The molecule has 1 aromatic heterocycles. The molecule has 4 rings (SSSR count). The Hall–Kier alpha value is -2.14. The van der Waals surface area contributed by atoms with Crippen molar-refractivity contribution in [3.05, 3.63) is 47.8 Å². The van der Waals surface area contributed by atoms with Crippen molar-refractivity contribution in [2.75, 3.05) is 11.4 Å². The number of sulfonamides is 1. The Balaban J connectivity index is 1.74. The number of alkyl halides is 3. The second kappa shape index (κ2) is 9.25. The summed E-state index contributed by atoms with van der Waals surface area (Å²) in [6.07, 6.45) is 9.12. The van der Waals surface area contributed by atoms with E-state index in [9.17, 15) is 26.0 Å². The zero-order valence-corrected chi connectivity index (χ0v) is 19.2. The van der Waals surface area contributed by atoms with E-state index in [1.165, 1.54) is 12.1 Å². The Labute approximate surface area is 191 Å². The number of hydrogen-bond donors (Lipinski definition) is 0. The highest BCUT2D eigenvalue weighted by molar-refractivity contribution is 7.89. The van der Waals surface area contributed by atoms with E-state index < -0.39 is 33.9 Å². The van der Waals surface area contributed by atoms with Crippen LogP contribution in [0.1, 0.15) is 49.8 Å². The van der Waals surface area contributed by atoms with Crippen molar-refractivity contribution >= 4 is 15.7 Å². The maximum absolute atomic E-state index is 14.3. The Morgan fingerprint density at radius 3 is 2.52 bits per heavy atom. The van der Waals surface area contributed by atoms with Gasteiger partial charge in [0.2, 0.25) is 0 Å². The standard InChI is InChI=1S/C22H28F4N4O2S/c1-28-12-19(27-15-28)13-30-20(9-6-16-4-2-3-5-16)14-29(33(31,32)22(24,25)26)11-17-7-8-18(23)10-21(17)30/h7-8,10,12,15-16,20H,2-6,9,11,13-14H2,1H3. The average molecular weight is 489 g/mol. The van der Waals surface area contributed by atoms with Crippen LogP contribution in [0.15, 0.2) is 30.7 Å². The number of aromatic nitrogens is 2. The summed E-state index contributed by atoms with van der Waals surface area (Å²) in [6, 6.07) is 3.25. The highest BCUT2D eigenvalue weighted by Crippen LogP contribution is 2.37. The Morgan fingerprint density at radius 1 is 1.15 bits per heavy atom. The number of nitrogens with zero attached hydrogens (tertiary/aromatic N) is 4. The second-order valence-electron chi connectivity index (χ2n) is 9.06. The molecule has 2 aliphatic rings. The molecule has 2 aromatic rings. The summed E-state index contributed by atoms with van der Waals surface area (Å²) in [4.78, 5) is 6.17. The molecular formula is C22H28F4N4O2S. The van der Waals surface area contributed by atoms with Crippen LogP contribution in [0.4, 0.5) is 23.2 Å². The molecule has 1 aromatic carbocycles. The van der Waals surface area contributed by atoms with Crippen LogP contribution in [0.25, 0.3) is 0 Å². The Kier molecular flexibility index (Phi) is 6.73. The van der Waals surface area contributed by atoms with E-state index in [2.05, 4.69) is 4.98 Å². The van der Waals surface area contributed by atoms with Gasteiger partial charge in [0.15, 0.2) is 0 Å². The van der Waals surface area contributed by atoms with E-state index in [-0.39, 0.29) is 13.1 Å². The number of imidazole rings is 1. The van der Waals surface area contributed by atoms with Crippen LogP contribution in [0.3, 0.4) is 0 Å². The number of aryl methyl sites for hydroxylation is 1. The summed E-state index contributed by atoms with van der Waals surface area (Å²) in [5.41, 5.74) is -3.98. The van der Waals surface area contributed by atoms with E-state index in [0.29, 0.717) is 33.6 Å². The van der Waals surface area contributed by atoms with Gasteiger partial charge in [-0.2, -0.15) is 17.5 Å². The molecule has 182 valence electrons. The quantitative estimate of drug-likeness (QED) is 0.559. The minimum Gasteiger partial charge on any atom is -0.361 e. The minimum absolute atomic E-state index is 0.243. The number of anilines is 1. The summed E-state index contributed by atoms with van der Waals surface area (Å²) in [5, 5.41) is 0. The van der Waals surface area contributed by atoms with Crippen LogP contribution in [-0.2, 0) is 30.2 Å². The highest BCUT2D eigenvalue weighted by atomic mass is 32.2. The first-order chi connectivity index (χ1) is 15.5. The van der Waals surface area contributed by atoms with Gasteiger partial charge in [-0.1, -0.05) is 31.7 Å².